The Morgan fingerprint density at radius 1 is 0.296 bits per heavy atom. The van der Waals surface area contributed by atoms with Gasteiger partial charge < -0.3 is 9.80 Å². The molecule has 0 atom stereocenters. The second-order valence-electron chi connectivity index (χ2n) is 18.9. The topological polar surface area (TPSA) is 6.48 Å². The van der Waals surface area contributed by atoms with Crippen molar-refractivity contribution in [2.75, 3.05) is 16.8 Å². The molecule has 0 fully saturated rings. The monoisotopic (exact) mass is 934 g/mol. The van der Waals surface area contributed by atoms with Gasteiger partial charge >= 0.3 is 0 Å². The van der Waals surface area contributed by atoms with Gasteiger partial charge in [0.15, 0.2) is 8.07 Å². The van der Waals surface area contributed by atoms with E-state index in [0.29, 0.717) is 0 Å². The number of aryl methyl sites for hydroxylation is 3. The lowest BCUT2D eigenvalue weighted by Gasteiger charge is -2.35. The molecule has 10 rings (SSSR count). The number of hydrogen-bond acceptors (Lipinski definition) is 2. The maximum atomic E-state index is 2.40. The molecule has 0 N–H and O–H groups in total. The van der Waals surface area contributed by atoms with Crippen LogP contribution in [0.3, 0.4) is 0 Å². The summed E-state index contributed by atoms with van der Waals surface area (Å²) in [5.41, 5.74) is 17.0. The largest absolute Gasteiger partial charge is 0.345 e. The fourth-order valence-electron chi connectivity index (χ4n) is 10.3. The lowest BCUT2D eigenvalue weighted by Crippen LogP contribution is -2.74. The second kappa shape index (κ2) is 21.3. The average Bonchev–Trinajstić information content (AvgIpc) is 3.43. The highest BCUT2D eigenvalue weighted by molar-refractivity contribution is 7.19. The summed E-state index contributed by atoms with van der Waals surface area (Å²) in [6, 6.07) is 95.2. The van der Waals surface area contributed by atoms with Crippen LogP contribution in [0.5, 0.6) is 0 Å². The standard InChI is InChI=1S/C68H62N2Si/c1-5-13-52-21-27-55(28-22-52)57-31-37-60(38-32-57)69(4)61-43-47-67(48-44-61)71(65-15-9-7-10-16-65,66-17-11-8-12-18-66)68-49-45-64(46-50-68)70(62-39-33-58(34-40-62)54-25-19-51(3)20-26-54)63-41-35-59(36-42-63)56-29-23-53(14-6-2)24-30-56/h7-12,15-50H,5-6,13-14H2,1-4H3. The Bertz CT molecular complexity index is 3220. The highest BCUT2D eigenvalue weighted by Crippen LogP contribution is 2.37. The van der Waals surface area contributed by atoms with Crippen molar-refractivity contribution in [3.63, 3.8) is 0 Å². The van der Waals surface area contributed by atoms with Gasteiger partial charge in [-0.25, -0.2) is 0 Å². The SMILES string of the molecule is CCCc1ccc(-c2ccc(N(C)c3ccc([Si](c4ccccc4)(c4ccccc4)c4ccc(N(c5ccc(-c6ccc(C)cc6)cc5)c5ccc(-c6ccc(CCC)cc6)cc5)cc4)cc3)cc2)cc1. The summed E-state index contributed by atoms with van der Waals surface area (Å²) >= 11 is 0. The Balaban J connectivity index is 1.02. The zero-order valence-electron chi connectivity index (χ0n) is 41.5. The van der Waals surface area contributed by atoms with Crippen LogP contribution in [0, 0.1) is 6.92 Å². The van der Waals surface area contributed by atoms with Crippen LogP contribution >= 0.6 is 0 Å². The van der Waals surface area contributed by atoms with Crippen LogP contribution in [0.15, 0.2) is 255 Å². The van der Waals surface area contributed by atoms with Gasteiger partial charge in [-0.05, 0) is 146 Å². The third-order valence-electron chi connectivity index (χ3n) is 14.2. The van der Waals surface area contributed by atoms with Crippen molar-refractivity contribution in [1.29, 1.82) is 0 Å². The Labute approximate surface area is 423 Å². The van der Waals surface area contributed by atoms with E-state index in [1.54, 1.807) is 0 Å². The van der Waals surface area contributed by atoms with E-state index in [9.17, 15) is 0 Å². The van der Waals surface area contributed by atoms with Gasteiger partial charge in [-0.2, -0.15) is 0 Å². The molecule has 0 aliphatic heterocycles. The number of benzene rings is 10. The molecule has 0 spiro atoms. The Kier molecular flexibility index (Phi) is 14.0. The van der Waals surface area contributed by atoms with Gasteiger partial charge in [0.2, 0.25) is 0 Å². The zero-order valence-corrected chi connectivity index (χ0v) is 42.5. The first kappa shape index (κ1) is 46.7. The number of anilines is 5. The summed E-state index contributed by atoms with van der Waals surface area (Å²) in [6.07, 6.45) is 4.53. The third kappa shape index (κ3) is 9.93. The maximum absolute atomic E-state index is 2.85. The minimum Gasteiger partial charge on any atom is -0.345 e. The number of nitrogens with zero attached hydrogens (tertiary/aromatic N) is 2. The molecule has 3 heteroatoms. The highest BCUT2D eigenvalue weighted by atomic mass is 28.3. The molecule has 0 saturated carbocycles. The molecule has 0 aliphatic rings. The average molecular weight is 935 g/mol. The fourth-order valence-corrected chi connectivity index (χ4v) is 15.0. The summed E-state index contributed by atoms with van der Waals surface area (Å²) < 4.78 is 0. The van der Waals surface area contributed by atoms with Crippen LogP contribution in [0.1, 0.15) is 43.4 Å². The molecule has 0 unspecified atom stereocenters. The molecule has 0 radical (unpaired) electrons. The van der Waals surface area contributed by atoms with Gasteiger partial charge in [-0.15, -0.1) is 0 Å². The van der Waals surface area contributed by atoms with E-state index >= 15 is 0 Å². The molecule has 2 nitrogen and oxygen atoms in total. The van der Waals surface area contributed by atoms with Crippen LogP contribution in [-0.2, 0) is 12.8 Å². The van der Waals surface area contributed by atoms with E-state index in [2.05, 4.69) is 292 Å². The predicted octanol–water partition coefficient (Wildman–Crippen LogP) is 15.5. The van der Waals surface area contributed by atoms with E-state index < -0.39 is 8.07 Å². The Morgan fingerprint density at radius 2 is 0.563 bits per heavy atom. The highest BCUT2D eigenvalue weighted by Gasteiger charge is 2.41. The minimum absolute atomic E-state index is 1.10. The van der Waals surface area contributed by atoms with Gasteiger partial charge in [0, 0.05) is 35.5 Å². The van der Waals surface area contributed by atoms with E-state index in [1.807, 2.05) is 0 Å². The van der Waals surface area contributed by atoms with Crippen molar-refractivity contribution in [3.8, 4) is 33.4 Å². The Hall–Kier alpha value is -7.98. The van der Waals surface area contributed by atoms with Crippen molar-refractivity contribution in [3.05, 3.63) is 271 Å². The van der Waals surface area contributed by atoms with Crippen molar-refractivity contribution in [1.82, 2.24) is 0 Å². The van der Waals surface area contributed by atoms with Crippen molar-refractivity contribution < 1.29 is 0 Å². The van der Waals surface area contributed by atoms with Gasteiger partial charge in [-0.3, -0.25) is 0 Å². The summed E-state index contributed by atoms with van der Waals surface area (Å²) in [5.74, 6) is 0. The third-order valence-corrected chi connectivity index (χ3v) is 19.0. The van der Waals surface area contributed by atoms with Crippen molar-refractivity contribution in [2.45, 2.75) is 46.5 Å². The van der Waals surface area contributed by atoms with Crippen LogP contribution < -0.4 is 30.5 Å². The maximum Gasteiger partial charge on any atom is 0.179 e. The molecule has 0 saturated heterocycles. The lowest BCUT2D eigenvalue weighted by atomic mass is 10.0. The molecule has 0 aromatic heterocycles. The van der Waals surface area contributed by atoms with Crippen LogP contribution in [0.4, 0.5) is 28.4 Å². The first-order chi connectivity index (χ1) is 34.9. The number of rotatable bonds is 16. The fraction of sp³-hybridized carbons (Fsp3) is 0.118. The molecule has 10 aromatic carbocycles. The van der Waals surface area contributed by atoms with Crippen molar-refractivity contribution >= 4 is 57.3 Å². The molecule has 0 aliphatic carbocycles. The van der Waals surface area contributed by atoms with Crippen LogP contribution in [-0.4, -0.2) is 15.1 Å². The van der Waals surface area contributed by atoms with Crippen LogP contribution in [0.2, 0.25) is 0 Å². The number of hydrogen-bond donors (Lipinski definition) is 0. The zero-order chi connectivity index (χ0) is 48.6. The molecule has 10 aromatic rings. The second-order valence-corrected chi connectivity index (χ2v) is 22.7. The molecule has 0 bridgehead atoms. The molecule has 0 amide bonds. The molecular weight excluding hydrogens is 873 g/mol. The van der Waals surface area contributed by atoms with Crippen molar-refractivity contribution in [2.24, 2.45) is 0 Å². The van der Waals surface area contributed by atoms with Gasteiger partial charge in [0.25, 0.3) is 0 Å². The van der Waals surface area contributed by atoms with E-state index in [1.165, 1.54) is 70.8 Å². The predicted molar refractivity (Wildman–Crippen MR) is 308 cm³/mol. The first-order valence-electron chi connectivity index (χ1n) is 25.3. The summed E-state index contributed by atoms with van der Waals surface area (Å²) in [5, 5.41) is 5.36. The smallest absolute Gasteiger partial charge is 0.179 e. The molecule has 348 valence electrons. The summed E-state index contributed by atoms with van der Waals surface area (Å²) in [6.45, 7) is 6.61. The normalized spacial score (nSPS) is 11.3. The van der Waals surface area contributed by atoms with E-state index in [0.717, 1.165) is 54.1 Å². The summed E-state index contributed by atoms with van der Waals surface area (Å²) in [7, 11) is -0.680. The minimum atomic E-state index is -2.85. The van der Waals surface area contributed by atoms with E-state index in [-0.39, 0.29) is 0 Å². The first-order valence-corrected chi connectivity index (χ1v) is 27.3. The molecule has 71 heavy (non-hydrogen) atoms. The van der Waals surface area contributed by atoms with Crippen LogP contribution in [0.25, 0.3) is 33.4 Å². The van der Waals surface area contributed by atoms with Gasteiger partial charge in [0.1, 0.15) is 0 Å². The summed E-state index contributed by atoms with van der Waals surface area (Å²) in [4.78, 5) is 4.68. The quantitative estimate of drug-likeness (QED) is 0.0704. The Morgan fingerprint density at radius 3 is 0.901 bits per heavy atom. The van der Waals surface area contributed by atoms with E-state index in [4.69, 9.17) is 0 Å². The van der Waals surface area contributed by atoms with Gasteiger partial charge in [-0.1, -0.05) is 226 Å². The molecule has 0 heterocycles. The molecular formula is C68H62N2Si. The van der Waals surface area contributed by atoms with Gasteiger partial charge in [0.05, 0.1) is 0 Å². The lowest BCUT2D eigenvalue weighted by molar-refractivity contribution is 0.922.